The molecular weight excluding hydrogens is 452 g/mol. The normalized spacial score (nSPS) is 27.6. The van der Waals surface area contributed by atoms with E-state index in [1.54, 1.807) is 0 Å². The third-order valence-corrected chi connectivity index (χ3v) is 6.61. The van der Waals surface area contributed by atoms with E-state index in [9.17, 15) is 9.59 Å². The lowest BCUT2D eigenvalue weighted by atomic mass is 9.92. The maximum absolute atomic E-state index is 12.5. The predicted octanol–water partition coefficient (Wildman–Crippen LogP) is 2.67. The van der Waals surface area contributed by atoms with Gasteiger partial charge >= 0.3 is 6.09 Å². The van der Waals surface area contributed by atoms with Gasteiger partial charge in [0.1, 0.15) is 12.4 Å². The molecule has 9 heteroatoms. The second-order valence-corrected chi connectivity index (χ2v) is 9.54. The minimum atomic E-state index is -0.947. The molecule has 0 bridgehead atoms. The Morgan fingerprint density at radius 1 is 1.11 bits per heavy atom. The number of ether oxygens (including phenoxy) is 5. The topological polar surface area (TPSA) is 95.6 Å². The fourth-order valence-electron chi connectivity index (χ4n) is 4.88. The van der Waals surface area contributed by atoms with Crippen molar-refractivity contribution in [1.29, 1.82) is 0 Å². The molecule has 4 rings (SSSR count). The number of hydrogen-bond acceptors (Lipinski definition) is 8. The Balaban J connectivity index is 1.15. The van der Waals surface area contributed by atoms with Crippen molar-refractivity contribution in [3.05, 3.63) is 35.9 Å². The number of nitrogens with zero attached hydrogens (tertiary/aromatic N) is 1. The average molecular weight is 491 g/mol. The van der Waals surface area contributed by atoms with E-state index in [1.807, 2.05) is 30.3 Å². The number of rotatable bonds is 10. The van der Waals surface area contributed by atoms with Gasteiger partial charge in [-0.25, -0.2) is 4.79 Å². The molecule has 9 nitrogen and oxygen atoms in total. The standard InChI is InChI=1S/C26H38N2O7/c29-22-16-24(19-32-18-21-6-2-1-3-7-21)35-26(17-22)9-4-8-23(34-26)20-33-25(30)27-10-5-11-28-12-14-31-15-13-28/h1-3,6-7,23-24H,4-5,8-20H2,(H,27,30)/t23-,24-,26-/m0/s1. The molecule has 1 N–H and O–H groups in total. The van der Waals surface area contributed by atoms with Crippen LogP contribution in [0.4, 0.5) is 4.79 Å². The highest BCUT2D eigenvalue weighted by Gasteiger charge is 2.45. The number of Topliss-reactive ketones (excluding diaryl/α,β-unsaturated/α-hetero) is 1. The van der Waals surface area contributed by atoms with Gasteiger partial charge in [0.15, 0.2) is 5.79 Å². The summed E-state index contributed by atoms with van der Waals surface area (Å²) in [6, 6.07) is 9.91. The molecule has 3 heterocycles. The number of alkyl carbamates (subject to hydrolysis) is 1. The van der Waals surface area contributed by atoms with E-state index in [-0.39, 0.29) is 31.0 Å². The Morgan fingerprint density at radius 3 is 2.74 bits per heavy atom. The summed E-state index contributed by atoms with van der Waals surface area (Å²) >= 11 is 0. The summed E-state index contributed by atoms with van der Waals surface area (Å²) in [6.45, 7) is 5.87. The minimum absolute atomic E-state index is 0.115. The third kappa shape index (κ3) is 8.54. The Morgan fingerprint density at radius 2 is 1.91 bits per heavy atom. The molecule has 0 aromatic heterocycles. The molecule has 1 aromatic rings. The molecule has 0 saturated carbocycles. The molecule has 35 heavy (non-hydrogen) atoms. The SMILES string of the molecule is O=C1C[C@@H](COCc2ccccc2)O[C@@]2(CCC[C@@H](COC(=O)NCCCN3CCOCC3)O2)C1. The van der Waals surface area contributed by atoms with Crippen LogP contribution in [0.25, 0.3) is 0 Å². The van der Waals surface area contributed by atoms with Crippen LogP contribution >= 0.6 is 0 Å². The summed E-state index contributed by atoms with van der Waals surface area (Å²) in [7, 11) is 0. The van der Waals surface area contributed by atoms with E-state index in [0.29, 0.717) is 32.6 Å². The van der Waals surface area contributed by atoms with Gasteiger partial charge in [-0.15, -0.1) is 0 Å². The van der Waals surface area contributed by atoms with Gasteiger partial charge in [0.2, 0.25) is 0 Å². The highest BCUT2D eigenvalue weighted by atomic mass is 16.7. The highest BCUT2D eigenvalue weighted by Crippen LogP contribution is 2.38. The fraction of sp³-hybridized carbons (Fsp3) is 0.692. The monoisotopic (exact) mass is 490 g/mol. The molecule has 0 aliphatic carbocycles. The van der Waals surface area contributed by atoms with E-state index in [2.05, 4.69) is 10.2 Å². The largest absolute Gasteiger partial charge is 0.447 e. The number of carbonyl (C=O) groups excluding carboxylic acids is 2. The quantitative estimate of drug-likeness (QED) is 0.500. The van der Waals surface area contributed by atoms with Crippen LogP contribution in [-0.2, 0) is 35.1 Å². The molecule has 3 saturated heterocycles. The molecular formula is C26H38N2O7. The van der Waals surface area contributed by atoms with Crippen LogP contribution in [0.3, 0.4) is 0 Å². The maximum Gasteiger partial charge on any atom is 0.407 e. The molecule has 1 aromatic carbocycles. The first kappa shape index (κ1) is 26.0. The van der Waals surface area contributed by atoms with Gasteiger partial charge in [-0.2, -0.15) is 0 Å². The zero-order chi connectivity index (χ0) is 24.3. The van der Waals surface area contributed by atoms with Crippen molar-refractivity contribution >= 4 is 11.9 Å². The predicted molar refractivity (Wildman–Crippen MR) is 128 cm³/mol. The van der Waals surface area contributed by atoms with Crippen LogP contribution < -0.4 is 5.32 Å². The van der Waals surface area contributed by atoms with E-state index >= 15 is 0 Å². The minimum Gasteiger partial charge on any atom is -0.447 e. The van der Waals surface area contributed by atoms with Gasteiger partial charge in [-0.05, 0) is 31.4 Å². The Bertz CT molecular complexity index is 802. The van der Waals surface area contributed by atoms with Crippen LogP contribution in [0.5, 0.6) is 0 Å². The number of hydrogen-bond donors (Lipinski definition) is 1. The number of nitrogens with one attached hydrogen (secondary N) is 1. The van der Waals surface area contributed by atoms with Crippen molar-refractivity contribution in [3.8, 4) is 0 Å². The van der Waals surface area contributed by atoms with Gasteiger partial charge in [0.25, 0.3) is 0 Å². The lowest BCUT2D eigenvalue weighted by Gasteiger charge is -2.45. The zero-order valence-electron chi connectivity index (χ0n) is 20.5. The smallest absolute Gasteiger partial charge is 0.407 e. The summed E-state index contributed by atoms with van der Waals surface area (Å²) in [6.07, 6.45) is 2.61. The van der Waals surface area contributed by atoms with E-state index in [4.69, 9.17) is 23.7 Å². The summed E-state index contributed by atoms with van der Waals surface area (Å²) in [4.78, 5) is 26.9. The van der Waals surface area contributed by atoms with Crippen molar-refractivity contribution < 1.29 is 33.3 Å². The summed E-state index contributed by atoms with van der Waals surface area (Å²) in [5.41, 5.74) is 1.08. The first-order valence-electron chi connectivity index (χ1n) is 12.8. The number of ketones is 1. The maximum atomic E-state index is 12.5. The second-order valence-electron chi connectivity index (χ2n) is 9.54. The Hall–Kier alpha value is -2.04. The van der Waals surface area contributed by atoms with Crippen molar-refractivity contribution in [1.82, 2.24) is 10.2 Å². The Labute approximate surface area is 207 Å². The first-order valence-corrected chi connectivity index (χ1v) is 12.8. The van der Waals surface area contributed by atoms with Gasteiger partial charge in [-0.3, -0.25) is 9.69 Å². The van der Waals surface area contributed by atoms with Gasteiger partial charge < -0.3 is 29.0 Å². The molecule has 0 unspecified atom stereocenters. The molecule has 3 aliphatic rings. The van der Waals surface area contributed by atoms with Crippen molar-refractivity contribution in [3.63, 3.8) is 0 Å². The summed E-state index contributed by atoms with van der Waals surface area (Å²) in [5, 5.41) is 2.81. The van der Waals surface area contributed by atoms with Crippen molar-refractivity contribution in [2.75, 3.05) is 52.6 Å². The van der Waals surface area contributed by atoms with Crippen LogP contribution in [0.2, 0.25) is 0 Å². The molecule has 0 radical (unpaired) electrons. The molecule has 3 fully saturated rings. The van der Waals surface area contributed by atoms with E-state index in [1.165, 1.54) is 0 Å². The second kappa shape index (κ2) is 13.3. The zero-order valence-corrected chi connectivity index (χ0v) is 20.5. The lowest BCUT2D eigenvalue weighted by molar-refractivity contribution is -0.313. The molecule has 1 spiro atoms. The van der Waals surface area contributed by atoms with Crippen molar-refractivity contribution in [2.24, 2.45) is 0 Å². The van der Waals surface area contributed by atoms with Crippen LogP contribution in [0.15, 0.2) is 30.3 Å². The summed E-state index contributed by atoms with van der Waals surface area (Å²) in [5.74, 6) is -0.832. The number of carbonyl (C=O) groups is 2. The summed E-state index contributed by atoms with van der Waals surface area (Å²) < 4.78 is 29.0. The molecule has 3 aliphatic heterocycles. The highest BCUT2D eigenvalue weighted by molar-refractivity contribution is 5.80. The van der Waals surface area contributed by atoms with E-state index in [0.717, 1.165) is 57.7 Å². The van der Waals surface area contributed by atoms with Gasteiger partial charge in [-0.1, -0.05) is 30.3 Å². The average Bonchev–Trinajstić information content (AvgIpc) is 2.86. The van der Waals surface area contributed by atoms with Crippen molar-refractivity contribution in [2.45, 2.75) is 63.1 Å². The van der Waals surface area contributed by atoms with Crippen LogP contribution in [0, 0.1) is 0 Å². The molecule has 1 amide bonds. The van der Waals surface area contributed by atoms with Gasteiger partial charge in [0.05, 0.1) is 45.1 Å². The fourth-order valence-corrected chi connectivity index (χ4v) is 4.88. The molecule has 194 valence electrons. The first-order chi connectivity index (χ1) is 17.1. The van der Waals surface area contributed by atoms with Crippen LogP contribution in [0.1, 0.15) is 44.1 Å². The third-order valence-electron chi connectivity index (χ3n) is 6.61. The van der Waals surface area contributed by atoms with Crippen LogP contribution in [-0.4, -0.2) is 87.4 Å². The number of benzene rings is 1. The Kier molecular flexibility index (Phi) is 9.91. The number of morpholine rings is 1. The van der Waals surface area contributed by atoms with E-state index < -0.39 is 11.9 Å². The number of amides is 1. The van der Waals surface area contributed by atoms with Gasteiger partial charge in [0, 0.05) is 32.5 Å². The lowest BCUT2D eigenvalue weighted by Crippen LogP contribution is -2.52. The molecule has 3 atom stereocenters.